The molecule has 1 fully saturated rings. The number of aliphatic hydroxyl groups excluding tert-OH is 1. The van der Waals surface area contributed by atoms with Gasteiger partial charge in [-0.3, -0.25) is 4.90 Å². The van der Waals surface area contributed by atoms with Gasteiger partial charge in [-0.15, -0.1) is 0 Å². The lowest BCUT2D eigenvalue weighted by Crippen LogP contribution is -2.59. The molecule has 1 N–H and O–H groups in total. The zero-order valence-corrected chi connectivity index (χ0v) is 13.8. The van der Waals surface area contributed by atoms with Crippen molar-refractivity contribution in [2.45, 2.75) is 57.6 Å². The van der Waals surface area contributed by atoms with Crippen LogP contribution in [-0.2, 0) is 11.2 Å². The van der Waals surface area contributed by atoms with Crippen LogP contribution in [0.2, 0.25) is 0 Å². The minimum atomic E-state index is -0.554. The van der Waals surface area contributed by atoms with Crippen molar-refractivity contribution < 1.29 is 14.6 Å². The second-order valence-corrected chi connectivity index (χ2v) is 7.13. The molecule has 1 heterocycles. The van der Waals surface area contributed by atoms with E-state index in [2.05, 4.69) is 0 Å². The van der Waals surface area contributed by atoms with E-state index < -0.39 is 11.1 Å². The fraction of sp³-hybridized carbons (Fsp3) is 0.611. The third-order valence-corrected chi connectivity index (χ3v) is 4.13. The van der Waals surface area contributed by atoms with Crippen LogP contribution in [0, 0.1) is 0 Å². The van der Waals surface area contributed by atoms with E-state index in [1.165, 1.54) is 0 Å². The Hall–Kier alpha value is -1.55. The minimum Gasteiger partial charge on any atom is -0.444 e. The number of likely N-dealkylation sites (tertiary alicyclic amines) is 1. The number of piperidine rings is 1. The Morgan fingerprint density at radius 1 is 1.27 bits per heavy atom. The average Bonchev–Trinajstić information content (AvgIpc) is 2.47. The highest BCUT2D eigenvalue weighted by molar-refractivity contribution is 5.69. The zero-order chi connectivity index (χ0) is 16.2. The van der Waals surface area contributed by atoms with Gasteiger partial charge in [0.25, 0.3) is 0 Å². The molecule has 1 unspecified atom stereocenters. The summed E-state index contributed by atoms with van der Waals surface area (Å²) in [7, 11) is 0. The maximum Gasteiger partial charge on any atom is 0.410 e. The van der Waals surface area contributed by atoms with Crippen molar-refractivity contribution in [2.24, 2.45) is 0 Å². The van der Waals surface area contributed by atoms with Gasteiger partial charge < -0.3 is 9.84 Å². The number of amides is 1. The predicted molar refractivity (Wildman–Crippen MR) is 86.8 cm³/mol. The van der Waals surface area contributed by atoms with E-state index in [0.717, 1.165) is 24.8 Å². The van der Waals surface area contributed by atoms with Crippen LogP contribution in [0.15, 0.2) is 30.3 Å². The Morgan fingerprint density at radius 2 is 1.95 bits per heavy atom. The molecule has 2 rings (SSSR count). The molecule has 0 radical (unpaired) electrons. The summed E-state index contributed by atoms with van der Waals surface area (Å²) >= 11 is 0. The van der Waals surface area contributed by atoms with Gasteiger partial charge >= 0.3 is 6.09 Å². The van der Waals surface area contributed by atoms with Crippen molar-refractivity contribution >= 4 is 6.09 Å². The first-order valence-electron chi connectivity index (χ1n) is 8.02. The molecule has 1 atom stereocenters. The minimum absolute atomic E-state index is 0.0405. The van der Waals surface area contributed by atoms with Crippen molar-refractivity contribution in [3.8, 4) is 0 Å². The Balaban J connectivity index is 2.23. The molecule has 122 valence electrons. The van der Waals surface area contributed by atoms with Gasteiger partial charge in [-0.2, -0.15) is 0 Å². The van der Waals surface area contributed by atoms with Crippen molar-refractivity contribution in [1.82, 2.24) is 4.90 Å². The van der Waals surface area contributed by atoms with Crippen LogP contribution < -0.4 is 0 Å². The van der Waals surface area contributed by atoms with E-state index in [-0.39, 0.29) is 12.7 Å². The van der Waals surface area contributed by atoms with Crippen molar-refractivity contribution in [3.63, 3.8) is 0 Å². The van der Waals surface area contributed by atoms with E-state index in [1.54, 1.807) is 4.90 Å². The van der Waals surface area contributed by atoms with Crippen LogP contribution in [0.4, 0.5) is 4.79 Å². The van der Waals surface area contributed by atoms with E-state index >= 15 is 0 Å². The van der Waals surface area contributed by atoms with Gasteiger partial charge in [0, 0.05) is 6.54 Å². The average molecular weight is 305 g/mol. The van der Waals surface area contributed by atoms with Gasteiger partial charge in [0.15, 0.2) is 0 Å². The standard InChI is InChI=1S/C18H27NO3/c1-17(2,3)22-16(21)19-12-8-7-11-18(19,14-20)13-15-9-5-4-6-10-15/h4-6,9-10,20H,7-8,11-14H2,1-3H3. The van der Waals surface area contributed by atoms with Gasteiger partial charge in [-0.1, -0.05) is 30.3 Å². The molecule has 1 amide bonds. The van der Waals surface area contributed by atoms with Gasteiger partial charge in [0.05, 0.1) is 12.1 Å². The molecule has 1 aromatic rings. The quantitative estimate of drug-likeness (QED) is 0.931. The fourth-order valence-corrected chi connectivity index (χ4v) is 3.08. The monoisotopic (exact) mass is 305 g/mol. The maximum atomic E-state index is 12.6. The third-order valence-electron chi connectivity index (χ3n) is 4.13. The molecule has 0 aromatic heterocycles. The Morgan fingerprint density at radius 3 is 2.55 bits per heavy atom. The lowest BCUT2D eigenvalue weighted by molar-refractivity contribution is -0.0336. The van der Waals surface area contributed by atoms with E-state index in [9.17, 15) is 9.90 Å². The number of rotatable bonds is 3. The normalized spacial score (nSPS) is 22.5. The summed E-state index contributed by atoms with van der Waals surface area (Å²) in [5, 5.41) is 10.1. The van der Waals surface area contributed by atoms with E-state index in [0.29, 0.717) is 13.0 Å². The molecule has 1 aromatic carbocycles. The molecule has 0 saturated carbocycles. The number of hydrogen-bond acceptors (Lipinski definition) is 3. The van der Waals surface area contributed by atoms with Crippen LogP contribution in [-0.4, -0.2) is 40.4 Å². The van der Waals surface area contributed by atoms with Crippen LogP contribution in [0.5, 0.6) is 0 Å². The first kappa shape index (κ1) is 16.8. The molecule has 1 aliphatic heterocycles. The number of benzene rings is 1. The van der Waals surface area contributed by atoms with Crippen LogP contribution in [0.25, 0.3) is 0 Å². The molecule has 1 saturated heterocycles. The number of nitrogens with zero attached hydrogens (tertiary/aromatic N) is 1. The second kappa shape index (κ2) is 6.69. The summed E-state index contributed by atoms with van der Waals surface area (Å²) in [4.78, 5) is 14.3. The second-order valence-electron chi connectivity index (χ2n) is 7.13. The Labute approximate surface area is 133 Å². The SMILES string of the molecule is CC(C)(C)OC(=O)N1CCCCC1(CO)Cc1ccccc1. The molecular weight excluding hydrogens is 278 g/mol. The number of ether oxygens (including phenoxy) is 1. The van der Waals surface area contributed by atoms with E-state index in [1.807, 2.05) is 51.1 Å². The molecule has 4 heteroatoms. The number of carbonyl (C=O) groups is 1. The first-order valence-corrected chi connectivity index (χ1v) is 8.02. The lowest BCUT2D eigenvalue weighted by atomic mass is 9.82. The fourth-order valence-electron chi connectivity index (χ4n) is 3.08. The van der Waals surface area contributed by atoms with Crippen LogP contribution in [0.1, 0.15) is 45.6 Å². The summed E-state index contributed by atoms with van der Waals surface area (Å²) in [5.41, 5.74) is 0.0525. The van der Waals surface area contributed by atoms with Crippen molar-refractivity contribution in [3.05, 3.63) is 35.9 Å². The molecular formula is C18H27NO3. The number of hydrogen-bond donors (Lipinski definition) is 1. The smallest absolute Gasteiger partial charge is 0.410 e. The number of carbonyl (C=O) groups excluding carboxylic acids is 1. The summed E-state index contributed by atoms with van der Waals surface area (Å²) in [6.45, 7) is 6.20. The largest absolute Gasteiger partial charge is 0.444 e. The molecule has 0 aliphatic carbocycles. The third kappa shape index (κ3) is 4.01. The van der Waals surface area contributed by atoms with Crippen LogP contribution >= 0.6 is 0 Å². The molecule has 4 nitrogen and oxygen atoms in total. The van der Waals surface area contributed by atoms with Crippen molar-refractivity contribution in [2.75, 3.05) is 13.2 Å². The topological polar surface area (TPSA) is 49.8 Å². The highest BCUT2D eigenvalue weighted by Gasteiger charge is 2.42. The first-order chi connectivity index (χ1) is 10.4. The molecule has 1 aliphatic rings. The summed E-state index contributed by atoms with van der Waals surface area (Å²) in [6, 6.07) is 10.0. The summed E-state index contributed by atoms with van der Waals surface area (Å²) in [6.07, 6.45) is 3.11. The summed E-state index contributed by atoms with van der Waals surface area (Å²) in [5.74, 6) is 0. The molecule has 0 spiro atoms. The van der Waals surface area contributed by atoms with Gasteiger partial charge in [-0.05, 0) is 52.0 Å². The van der Waals surface area contributed by atoms with E-state index in [4.69, 9.17) is 4.74 Å². The van der Waals surface area contributed by atoms with Crippen LogP contribution in [0.3, 0.4) is 0 Å². The maximum absolute atomic E-state index is 12.6. The molecule has 22 heavy (non-hydrogen) atoms. The predicted octanol–water partition coefficient (Wildman–Crippen LogP) is 3.38. The highest BCUT2D eigenvalue weighted by Crippen LogP contribution is 2.32. The van der Waals surface area contributed by atoms with Gasteiger partial charge in [0.2, 0.25) is 0 Å². The Bertz CT molecular complexity index is 495. The Kier molecular flexibility index (Phi) is 5.12. The lowest BCUT2D eigenvalue weighted by Gasteiger charge is -2.46. The summed E-state index contributed by atoms with van der Waals surface area (Å²) < 4.78 is 5.55. The zero-order valence-electron chi connectivity index (χ0n) is 13.8. The van der Waals surface area contributed by atoms with Crippen molar-refractivity contribution in [1.29, 1.82) is 0 Å². The molecule has 0 bridgehead atoms. The van der Waals surface area contributed by atoms with Gasteiger partial charge in [-0.25, -0.2) is 4.79 Å². The highest BCUT2D eigenvalue weighted by atomic mass is 16.6. The number of aliphatic hydroxyl groups is 1. The van der Waals surface area contributed by atoms with Gasteiger partial charge in [0.1, 0.15) is 5.60 Å².